The van der Waals surface area contributed by atoms with Crippen LogP contribution in [0.3, 0.4) is 0 Å². The molecule has 0 aromatic heterocycles. The van der Waals surface area contributed by atoms with Gasteiger partial charge in [0, 0.05) is 11.4 Å². The Morgan fingerprint density at radius 1 is 0.524 bits per heavy atom. The van der Waals surface area contributed by atoms with Crippen LogP contribution in [-0.4, -0.2) is 0 Å². The molecule has 0 bridgehead atoms. The minimum atomic E-state index is 1.08. The lowest BCUT2D eigenvalue weighted by Gasteiger charge is -2.13. The van der Waals surface area contributed by atoms with Gasteiger partial charge in [0.1, 0.15) is 0 Å². The number of hydrogen-bond acceptors (Lipinski definition) is 1. The van der Waals surface area contributed by atoms with Crippen molar-refractivity contribution in [2.75, 3.05) is 5.32 Å². The van der Waals surface area contributed by atoms with E-state index in [9.17, 15) is 0 Å². The van der Waals surface area contributed by atoms with Gasteiger partial charge in [-0.25, -0.2) is 0 Å². The quantitative estimate of drug-likeness (QED) is 0.718. The molecule has 2 rings (SSSR count). The summed E-state index contributed by atoms with van der Waals surface area (Å²) in [6, 6.07) is 13.7. The van der Waals surface area contributed by atoms with Gasteiger partial charge in [-0.3, -0.25) is 0 Å². The van der Waals surface area contributed by atoms with Crippen LogP contribution in [0.25, 0.3) is 0 Å². The first-order valence-electron chi connectivity index (χ1n) is 8.21. The standard InChI is InChI=1S/C20H27N/c1-5-15-9-16(6-2)12-19(11-15)21-20-13-17(7-3)10-18(8-4)14-20/h9-14,21H,5-8H2,1-4H3. The van der Waals surface area contributed by atoms with E-state index in [2.05, 4.69) is 69.4 Å². The van der Waals surface area contributed by atoms with Crippen molar-refractivity contribution in [2.45, 2.75) is 53.4 Å². The summed E-state index contributed by atoms with van der Waals surface area (Å²) in [6.45, 7) is 8.85. The highest BCUT2D eigenvalue weighted by Crippen LogP contribution is 2.23. The molecule has 112 valence electrons. The second-order valence-corrected chi connectivity index (χ2v) is 5.62. The van der Waals surface area contributed by atoms with Crippen molar-refractivity contribution in [3.8, 4) is 0 Å². The van der Waals surface area contributed by atoms with Crippen molar-refractivity contribution in [3.63, 3.8) is 0 Å². The summed E-state index contributed by atoms with van der Waals surface area (Å²) in [5.74, 6) is 0. The maximum absolute atomic E-state index is 3.60. The topological polar surface area (TPSA) is 12.0 Å². The largest absolute Gasteiger partial charge is 0.355 e. The van der Waals surface area contributed by atoms with Crippen LogP contribution >= 0.6 is 0 Å². The number of nitrogens with one attached hydrogen (secondary N) is 1. The van der Waals surface area contributed by atoms with E-state index in [-0.39, 0.29) is 0 Å². The minimum absolute atomic E-state index is 1.08. The first kappa shape index (κ1) is 15.6. The highest BCUT2D eigenvalue weighted by atomic mass is 14.9. The second-order valence-electron chi connectivity index (χ2n) is 5.62. The fraction of sp³-hybridized carbons (Fsp3) is 0.400. The molecule has 0 aliphatic heterocycles. The monoisotopic (exact) mass is 281 g/mol. The van der Waals surface area contributed by atoms with Crippen LogP contribution in [0.1, 0.15) is 49.9 Å². The lowest BCUT2D eigenvalue weighted by Crippen LogP contribution is -1.97. The molecule has 0 aliphatic rings. The normalized spacial score (nSPS) is 10.7. The Balaban J connectivity index is 2.32. The fourth-order valence-electron chi connectivity index (χ4n) is 2.65. The van der Waals surface area contributed by atoms with Gasteiger partial charge >= 0.3 is 0 Å². The average molecular weight is 281 g/mol. The third-order valence-electron chi connectivity index (χ3n) is 4.03. The van der Waals surface area contributed by atoms with E-state index in [1.165, 1.54) is 33.6 Å². The summed E-state index contributed by atoms with van der Waals surface area (Å²) in [6.07, 6.45) is 4.32. The number of aryl methyl sites for hydroxylation is 4. The zero-order chi connectivity index (χ0) is 15.2. The smallest absolute Gasteiger partial charge is 0.0389 e. The number of anilines is 2. The molecule has 0 saturated heterocycles. The van der Waals surface area contributed by atoms with Crippen LogP contribution in [0.2, 0.25) is 0 Å². The molecule has 0 unspecified atom stereocenters. The van der Waals surface area contributed by atoms with Crippen LogP contribution in [-0.2, 0) is 25.7 Å². The number of rotatable bonds is 6. The summed E-state index contributed by atoms with van der Waals surface area (Å²) < 4.78 is 0. The lowest BCUT2D eigenvalue weighted by molar-refractivity contribution is 1.08. The molecule has 0 radical (unpaired) electrons. The van der Waals surface area contributed by atoms with Crippen molar-refractivity contribution < 1.29 is 0 Å². The Morgan fingerprint density at radius 2 is 0.810 bits per heavy atom. The summed E-state index contributed by atoms with van der Waals surface area (Å²) in [7, 11) is 0. The van der Waals surface area contributed by atoms with E-state index >= 15 is 0 Å². The zero-order valence-electron chi connectivity index (χ0n) is 13.8. The second kappa shape index (κ2) is 7.31. The maximum atomic E-state index is 3.60. The number of hydrogen-bond donors (Lipinski definition) is 1. The summed E-state index contributed by atoms with van der Waals surface area (Å²) in [5.41, 5.74) is 8.03. The van der Waals surface area contributed by atoms with Gasteiger partial charge in [0.25, 0.3) is 0 Å². The molecule has 0 spiro atoms. The third kappa shape index (κ3) is 4.10. The Hall–Kier alpha value is -1.76. The minimum Gasteiger partial charge on any atom is -0.355 e. The molecular weight excluding hydrogens is 254 g/mol. The first-order valence-corrected chi connectivity index (χ1v) is 8.21. The van der Waals surface area contributed by atoms with Gasteiger partial charge < -0.3 is 5.32 Å². The molecular formula is C20H27N. The van der Waals surface area contributed by atoms with Gasteiger partial charge in [-0.15, -0.1) is 0 Å². The van der Waals surface area contributed by atoms with Gasteiger partial charge in [0.05, 0.1) is 0 Å². The van der Waals surface area contributed by atoms with Gasteiger partial charge in [-0.2, -0.15) is 0 Å². The maximum Gasteiger partial charge on any atom is 0.0389 e. The molecule has 0 atom stereocenters. The lowest BCUT2D eigenvalue weighted by atomic mass is 10.0. The molecule has 0 fully saturated rings. The number of benzene rings is 2. The SMILES string of the molecule is CCc1cc(CC)cc(Nc2cc(CC)cc(CC)c2)c1. The van der Waals surface area contributed by atoms with E-state index in [4.69, 9.17) is 0 Å². The summed E-state index contributed by atoms with van der Waals surface area (Å²) in [4.78, 5) is 0. The zero-order valence-corrected chi connectivity index (χ0v) is 13.8. The fourth-order valence-corrected chi connectivity index (χ4v) is 2.65. The van der Waals surface area contributed by atoms with Gasteiger partial charge in [-0.05, 0) is 72.2 Å². The molecule has 1 nitrogen and oxygen atoms in total. The predicted molar refractivity (Wildman–Crippen MR) is 93.7 cm³/mol. The van der Waals surface area contributed by atoms with Crippen LogP contribution in [0.15, 0.2) is 36.4 Å². The Labute approximate surface area is 129 Å². The van der Waals surface area contributed by atoms with Gasteiger partial charge in [0.2, 0.25) is 0 Å². The molecule has 1 heteroatoms. The van der Waals surface area contributed by atoms with Crippen molar-refractivity contribution in [1.82, 2.24) is 0 Å². The van der Waals surface area contributed by atoms with Crippen LogP contribution in [0.4, 0.5) is 11.4 Å². The Kier molecular flexibility index (Phi) is 5.44. The molecule has 1 N–H and O–H groups in total. The van der Waals surface area contributed by atoms with Crippen molar-refractivity contribution in [3.05, 3.63) is 58.7 Å². The van der Waals surface area contributed by atoms with E-state index in [1.807, 2.05) is 0 Å². The predicted octanol–water partition coefficient (Wildman–Crippen LogP) is 5.68. The summed E-state index contributed by atoms with van der Waals surface area (Å²) in [5, 5.41) is 3.60. The van der Waals surface area contributed by atoms with Crippen molar-refractivity contribution in [2.24, 2.45) is 0 Å². The van der Waals surface area contributed by atoms with E-state index < -0.39 is 0 Å². The highest BCUT2D eigenvalue weighted by Gasteiger charge is 2.03. The molecule has 0 heterocycles. The van der Waals surface area contributed by atoms with Crippen LogP contribution < -0.4 is 5.32 Å². The van der Waals surface area contributed by atoms with Gasteiger partial charge in [0.15, 0.2) is 0 Å². The molecule has 0 aliphatic carbocycles. The molecule has 21 heavy (non-hydrogen) atoms. The van der Waals surface area contributed by atoms with Crippen molar-refractivity contribution in [1.29, 1.82) is 0 Å². The molecule has 0 saturated carbocycles. The first-order chi connectivity index (χ1) is 10.2. The van der Waals surface area contributed by atoms with Crippen LogP contribution in [0, 0.1) is 0 Å². The molecule has 2 aromatic rings. The van der Waals surface area contributed by atoms with E-state index in [0.29, 0.717) is 0 Å². The van der Waals surface area contributed by atoms with E-state index in [1.54, 1.807) is 0 Å². The Morgan fingerprint density at radius 3 is 1.05 bits per heavy atom. The van der Waals surface area contributed by atoms with Crippen molar-refractivity contribution >= 4 is 11.4 Å². The molecule has 2 aromatic carbocycles. The third-order valence-corrected chi connectivity index (χ3v) is 4.03. The highest BCUT2D eigenvalue weighted by molar-refractivity contribution is 5.63. The van der Waals surface area contributed by atoms with Crippen LogP contribution in [0.5, 0.6) is 0 Å². The Bertz CT molecular complexity index is 501. The summed E-state index contributed by atoms with van der Waals surface area (Å²) >= 11 is 0. The average Bonchev–Trinajstić information content (AvgIpc) is 2.53. The van der Waals surface area contributed by atoms with Gasteiger partial charge in [-0.1, -0.05) is 39.8 Å². The van der Waals surface area contributed by atoms with E-state index in [0.717, 1.165) is 25.7 Å². The molecule has 0 amide bonds.